The maximum absolute atomic E-state index is 5.36. The van der Waals surface area contributed by atoms with Gasteiger partial charge in [-0.15, -0.1) is 12.8 Å². The van der Waals surface area contributed by atoms with Crippen LogP contribution in [-0.4, -0.2) is 6.67 Å². The Morgan fingerprint density at radius 2 is 1.92 bits per heavy atom. The van der Waals surface area contributed by atoms with E-state index in [9.17, 15) is 0 Å². The number of nitrogens with two attached hydrogens (primary N) is 1. The highest BCUT2D eigenvalue weighted by atomic mass is 15.0. The predicted octanol–water partition coefficient (Wildman–Crippen LogP) is 1.88. The van der Waals surface area contributed by atoms with Gasteiger partial charge in [0.15, 0.2) is 0 Å². The van der Waals surface area contributed by atoms with Crippen LogP contribution in [0.5, 0.6) is 0 Å². The summed E-state index contributed by atoms with van der Waals surface area (Å²) in [5.41, 5.74) is 9.01. The van der Waals surface area contributed by atoms with E-state index < -0.39 is 0 Å². The lowest BCUT2D eigenvalue weighted by atomic mass is 10.1. The zero-order chi connectivity index (χ0) is 10.3. The van der Waals surface area contributed by atoms with Crippen molar-refractivity contribution in [3.8, 4) is 12.8 Å². The molecule has 0 atom stereocenters. The Kier molecular flexibility index (Phi) is 5.42. The van der Waals surface area contributed by atoms with E-state index in [0.29, 0.717) is 6.67 Å². The molecule has 0 fully saturated rings. The lowest BCUT2D eigenvalue weighted by Crippen LogP contribution is -2.11. The first kappa shape index (κ1) is 11.5. The molecule has 0 unspecified atom stereocenters. The second-order valence-electron chi connectivity index (χ2n) is 2.70. The smallest absolute Gasteiger partial charge is 0.0628 e. The minimum Gasteiger partial charge on any atom is -0.372 e. The van der Waals surface area contributed by atoms with Gasteiger partial charge in [0.05, 0.1) is 6.67 Å². The Balaban J connectivity index is 0.000000671. The number of nitrogens with one attached hydrogen (secondary N) is 1. The molecule has 0 aliphatic rings. The van der Waals surface area contributed by atoms with Crippen molar-refractivity contribution in [3.05, 3.63) is 29.3 Å². The van der Waals surface area contributed by atoms with Crippen LogP contribution in [0.15, 0.2) is 18.2 Å². The number of terminal acetylenes is 1. The zero-order valence-electron chi connectivity index (χ0n) is 8.17. The third-order valence-electron chi connectivity index (χ3n) is 1.67. The molecule has 0 saturated carbocycles. The SMILES string of the molecule is C#C.Cc1ccc(NCN)c(C)c1. The van der Waals surface area contributed by atoms with Crippen molar-refractivity contribution in [2.75, 3.05) is 12.0 Å². The van der Waals surface area contributed by atoms with E-state index in [0.717, 1.165) is 5.69 Å². The van der Waals surface area contributed by atoms with Crippen LogP contribution in [0.2, 0.25) is 0 Å². The summed E-state index contributed by atoms with van der Waals surface area (Å²) in [5.74, 6) is 0. The highest BCUT2D eigenvalue weighted by Crippen LogP contribution is 2.14. The van der Waals surface area contributed by atoms with Gasteiger partial charge in [-0.3, -0.25) is 0 Å². The molecule has 3 N–H and O–H groups in total. The van der Waals surface area contributed by atoms with Crippen molar-refractivity contribution in [3.63, 3.8) is 0 Å². The van der Waals surface area contributed by atoms with Gasteiger partial charge in [-0.25, -0.2) is 0 Å². The first-order valence-electron chi connectivity index (χ1n) is 4.08. The van der Waals surface area contributed by atoms with Crippen LogP contribution in [0.25, 0.3) is 0 Å². The summed E-state index contributed by atoms with van der Waals surface area (Å²) in [6.45, 7) is 4.65. The summed E-state index contributed by atoms with van der Waals surface area (Å²) < 4.78 is 0. The molecule has 0 radical (unpaired) electrons. The number of aryl methyl sites for hydroxylation is 2. The number of hydrogen-bond acceptors (Lipinski definition) is 2. The quantitative estimate of drug-likeness (QED) is 0.533. The highest BCUT2D eigenvalue weighted by Gasteiger charge is 1.94. The molecule has 0 aliphatic heterocycles. The van der Waals surface area contributed by atoms with Crippen LogP contribution in [-0.2, 0) is 0 Å². The number of benzene rings is 1. The first-order valence-corrected chi connectivity index (χ1v) is 4.08. The summed E-state index contributed by atoms with van der Waals surface area (Å²) in [6.07, 6.45) is 8.00. The third-order valence-corrected chi connectivity index (χ3v) is 1.67. The maximum atomic E-state index is 5.36. The van der Waals surface area contributed by atoms with Crippen molar-refractivity contribution < 1.29 is 0 Å². The Morgan fingerprint density at radius 1 is 1.31 bits per heavy atom. The first-order chi connectivity index (χ1) is 6.24. The molecule has 0 aromatic heterocycles. The van der Waals surface area contributed by atoms with Crippen LogP contribution in [0.1, 0.15) is 11.1 Å². The summed E-state index contributed by atoms with van der Waals surface area (Å²) in [7, 11) is 0. The average Bonchev–Trinajstić information content (AvgIpc) is 2.14. The third kappa shape index (κ3) is 3.64. The van der Waals surface area contributed by atoms with Gasteiger partial charge in [0, 0.05) is 5.69 Å². The van der Waals surface area contributed by atoms with Gasteiger partial charge in [0.1, 0.15) is 0 Å². The Bertz CT molecular complexity index is 277. The lowest BCUT2D eigenvalue weighted by molar-refractivity contribution is 1.13. The monoisotopic (exact) mass is 176 g/mol. The van der Waals surface area contributed by atoms with Crippen LogP contribution < -0.4 is 11.1 Å². The standard InChI is InChI=1S/C9H14N2.C2H2/c1-7-3-4-9(11-6-10)8(2)5-7;1-2/h3-5,11H,6,10H2,1-2H3;1-2H. The summed E-state index contributed by atoms with van der Waals surface area (Å²) in [4.78, 5) is 0. The molecule has 0 spiro atoms. The van der Waals surface area contributed by atoms with Crippen molar-refractivity contribution in [1.29, 1.82) is 0 Å². The summed E-state index contributed by atoms with van der Waals surface area (Å²) in [5, 5.41) is 3.08. The van der Waals surface area contributed by atoms with Crippen molar-refractivity contribution >= 4 is 5.69 Å². The number of hydrogen-bond donors (Lipinski definition) is 2. The molecule has 2 heteroatoms. The van der Waals surface area contributed by atoms with Crippen molar-refractivity contribution in [2.24, 2.45) is 5.73 Å². The van der Waals surface area contributed by atoms with Gasteiger partial charge < -0.3 is 11.1 Å². The Hall–Kier alpha value is -1.46. The highest BCUT2D eigenvalue weighted by molar-refractivity contribution is 5.51. The van der Waals surface area contributed by atoms with E-state index in [1.165, 1.54) is 11.1 Å². The molecule has 70 valence electrons. The second-order valence-corrected chi connectivity index (χ2v) is 2.70. The van der Waals surface area contributed by atoms with Crippen molar-refractivity contribution in [2.45, 2.75) is 13.8 Å². The van der Waals surface area contributed by atoms with Gasteiger partial charge in [0.2, 0.25) is 0 Å². The van der Waals surface area contributed by atoms with E-state index in [2.05, 4.69) is 50.2 Å². The fraction of sp³-hybridized carbons (Fsp3) is 0.273. The van der Waals surface area contributed by atoms with Gasteiger partial charge in [-0.1, -0.05) is 17.7 Å². The lowest BCUT2D eigenvalue weighted by Gasteiger charge is -2.06. The Labute approximate surface area is 80.2 Å². The fourth-order valence-electron chi connectivity index (χ4n) is 1.12. The topological polar surface area (TPSA) is 38.0 Å². The normalized spacial score (nSPS) is 8.38. The summed E-state index contributed by atoms with van der Waals surface area (Å²) in [6, 6.07) is 6.26. The molecule has 2 nitrogen and oxygen atoms in total. The van der Waals surface area contributed by atoms with E-state index in [1.807, 2.05) is 0 Å². The van der Waals surface area contributed by atoms with E-state index in [1.54, 1.807) is 0 Å². The molecule has 0 amide bonds. The number of anilines is 1. The van der Waals surface area contributed by atoms with Crippen LogP contribution in [0.4, 0.5) is 5.69 Å². The van der Waals surface area contributed by atoms with Gasteiger partial charge in [-0.05, 0) is 25.5 Å². The van der Waals surface area contributed by atoms with Gasteiger partial charge in [-0.2, -0.15) is 0 Å². The minimum atomic E-state index is 0.490. The molecule has 1 aromatic carbocycles. The minimum absolute atomic E-state index is 0.490. The summed E-state index contributed by atoms with van der Waals surface area (Å²) >= 11 is 0. The molecule has 0 saturated heterocycles. The molecule has 0 bridgehead atoms. The van der Waals surface area contributed by atoms with Gasteiger partial charge >= 0.3 is 0 Å². The fourth-order valence-corrected chi connectivity index (χ4v) is 1.12. The predicted molar refractivity (Wildman–Crippen MR) is 58.5 cm³/mol. The molecule has 1 aromatic rings. The molecule has 1 rings (SSSR count). The van der Waals surface area contributed by atoms with E-state index in [-0.39, 0.29) is 0 Å². The Morgan fingerprint density at radius 3 is 2.38 bits per heavy atom. The molecule has 0 aliphatic carbocycles. The van der Waals surface area contributed by atoms with Crippen LogP contribution in [0.3, 0.4) is 0 Å². The molecular formula is C11H16N2. The van der Waals surface area contributed by atoms with Crippen LogP contribution >= 0.6 is 0 Å². The number of rotatable bonds is 2. The molecule has 13 heavy (non-hydrogen) atoms. The van der Waals surface area contributed by atoms with E-state index in [4.69, 9.17) is 5.73 Å². The van der Waals surface area contributed by atoms with Crippen LogP contribution in [0, 0.1) is 26.7 Å². The zero-order valence-corrected chi connectivity index (χ0v) is 8.17. The van der Waals surface area contributed by atoms with Crippen molar-refractivity contribution in [1.82, 2.24) is 0 Å². The molecular weight excluding hydrogens is 160 g/mol. The maximum Gasteiger partial charge on any atom is 0.0628 e. The second kappa shape index (κ2) is 6.10. The van der Waals surface area contributed by atoms with E-state index >= 15 is 0 Å². The van der Waals surface area contributed by atoms with Gasteiger partial charge in [0.25, 0.3) is 0 Å². The molecule has 0 heterocycles. The largest absolute Gasteiger partial charge is 0.372 e. The average molecular weight is 176 g/mol.